The molecule has 0 aromatic heterocycles. The van der Waals surface area contributed by atoms with E-state index >= 15 is 0 Å². The summed E-state index contributed by atoms with van der Waals surface area (Å²) in [7, 11) is 0. The molecule has 6 heteroatoms. The molecule has 24 heavy (non-hydrogen) atoms. The summed E-state index contributed by atoms with van der Waals surface area (Å²) in [5.41, 5.74) is 3.14. The normalized spacial score (nSPS) is 13.8. The van der Waals surface area contributed by atoms with Gasteiger partial charge in [-0.2, -0.15) is 0 Å². The fourth-order valence-electron chi connectivity index (χ4n) is 2.61. The minimum atomic E-state index is -0.130. The lowest BCUT2D eigenvalue weighted by atomic mass is 10.1. The van der Waals surface area contributed by atoms with Crippen LogP contribution in [0.1, 0.15) is 15.9 Å². The Kier molecular flexibility index (Phi) is 4.76. The van der Waals surface area contributed by atoms with E-state index in [0.29, 0.717) is 24.3 Å². The van der Waals surface area contributed by atoms with Crippen molar-refractivity contribution >= 4 is 35.1 Å². The third kappa shape index (κ3) is 3.38. The van der Waals surface area contributed by atoms with Crippen molar-refractivity contribution in [1.82, 2.24) is 5.32 Å². The molecule has 0 radical (unpaired) electrons. The number of carbonyl (C=O) groups is 2. The van der Waals surface area contributed by atoms with Gasteiger partial charge in [0.25, 0.3) is 5.91 Å². The zero-order chi connectivity index (χ0) is 17.1. The van der Waals surface area contributed by atoms with Crippen LogP contribution in [0.15, 0.2) is 47.4 Å². The molecule has 3 rings (SSSR count). The topological polar surface area (TPSA) is 61.4 Å². The van der Waals surface area contributed by atoms with Gasteiger partial charge in [-0.25, -0.2) is 4.79 Å². The van der Waals surface area contributed by atoms with Gasteiger partial charge in [0.2, 0.25) is 0 Å². The first-order valence-electron chi connectivity index (χ1n) is 7.70. The van der Waals surface area contributed by atoms with Gasteiger partial charge in [-0.1, -0.05) is 6.07 Å². The molecule has 124 valence electrons. The first kappa shape index (κ1) is 16.4. The van der Waals surface area contributed by atoms with E-state index in [2.05, 4.69) is 10.6 Å². The van der Waals surface area contributed by atoms with Crippen molar-refractivity contribution < 1.29 is 9.59 Å². The maximum atomic E-state index is 12.5. The van der Waals surface area contributed by atoms with Crippen molar-refractivity contribution in [2.75, 3.05) is 29.6 Å². The van der Waals surface area contributed by atoms with Crippen LogP contribution in [0.4, 0.5) is 16.2 Å². The molecular formula is C18H19N3O2S. The van der Waals surface area contributed by atoms with Gasteiger partial charge < -0.3 is 10.6 Å². The monoisotopic (exact) mass is 341 g/mol. The first-order chi connectivity index (χ1) is 11.6. The van der Waals surface area contributed by atoms with Gasteiger partial charge in [0, 0.05) is 34.9 Å². The summed E-state index contributed by atoms with van der Waals surface area (Å²) in [5.74, 6) is -0.130. The maximum absolute atomic E-state index is 12.5. The Labute approximate surface area is 145 Å². The van der Waals surface area contributed by atoms with E-state index in [-0.39, 0.29) is 11.9 Å². The van der Waals surface area contributed by atoms with Gasteiger partial charge in [0.1, 0.15) is 0 Å². The van der Waals surface area contributed by atoms with Gasteiger partial charge >= 0.3 is 6.03 Å². The van der Waals surface area contributed by atoms with E-state index in [1.165, 1.54) is 0 Å². The molecule has 0 atom stereocenters. The number of anilines is 2. The van der Waals surface area contributed by atoms with E-state index in [9.17, 15) is 9.59 Å². The Morgan fingerprint density at radius 2 is 1.96 bits per heavy atom. The van der Waals surface area contributed by atoms with Crippen molar-refractivity contribution in [2.24, 2.45) is 0 Å². The number of aryl methyl sites for hydroxylation is 1. The lowest BCUT2D eigenvalue weighted by Crippen LogP contribution is -2.27. The zero-order valence-electron chi connectivity index (χ0n) is 13.6. The number of hydrogen-bond acceptors (Lipinski definition) is 3. The Morgan fingerprint density at radius 3 is 2.58 bits per heavy atom. The lowest BCUT2D eigenvalue weighted by Gasteiger charge is -2.15. The first-order valence-corrected chi connectivity index (χ1v) is 8.92. The van der Waals surface area contributed by atoms with Crippen molar-refractivity contribution in [3.05, 3.63) is 53.6 Å². The molecule has 1 aliphatic rings. The molecule has 2 aromatic carbocycles. The third-order valence-corrected chi connectivity index (χ3v) is 4.71. The molecule has 0 aliphatic carbocycles. The number of hydrogen-bond donors (Lipinski definition) is 2. The number of rotatable bonds is 4. The van der Waals surface area contributed by atoms with Crippen LogP contribution in [0.5, 0.6) is 0 Å². The van der Waals surface area contributed by atoms with Gasteiger partial charge in [0.05, 0.1) is 0 Å². The number of nitrogens with zero attached hydrogens (tertiary/aromatic N) is 1. The van der Waals surface area contributed by atoms with E-state index in [0.717, 1.165) is 16.1 Å². The summed E-state index contributed by atoms with van der Waals surface area (Å²) in [4.78, 5) is 26.9. The van der Waals surface area contributed by atoms with E-state index in [4.69, 9.17) is 0 Å². The molecule has 5 nitrogen and oxygen atoms in total. The van der Waals surface area contributed by atoms with E-state index in [1.807, 2.05) is 55.6 Å². The molecule has 3 amide bonds. The van der Waals surface area contributed by atoms with E-state index < -0.39 is 0 Å². The van der Waals surface area contributed by atoms with Crippen LogP contribution in [-0.2, 0) is 0 Å². The number of nitrogens with one attached hydrogen (secondary N) is 2. The molecular weight excluding hydrogens is 322 g/mol. The van der Waals surface area contributed by atoms with Gasteiger partial charge in [-0.3, -0.25) is 9.69 Å². The second kappa shape index (κ2) is 6.97. The smallest absolute Gasteiger partial charge is 0.321 e. The molecule has 1 saturated heterocycles. The van der Waals surface area contributed by atoms with Gasteiger partial charge in [-0.15, -0.1) is 11.8 Å². The van der Waals surface area contributed by atoms with Crippen LogP contribution in [0.25, 0.3) is 0 Å². The average molecular weight is 341 g/mol. The summed E-state index contributed by atoms with van der Waals surface area (Å²) in [6.07, 6.45) is 1.99. The number of urea groups is 1. The maximum Gasteiger partial charge on any atom is 0.321 e. The highest BCUT2D eigenvalue weighted by molar-refractivity contribution is 7.98. The predicted molar refractivity (Wildman–Crippen MR) is 98.1 cm³/mol. The van der Waals surface area contributed by atoms with Gasteiger partial charge in [0.15, 0.2) is 0 Å². The fourth-order valence-corrected chi connectivity index (χ4v) is 3.05. The second-order valence-corrected chi connectivity index (χ2v) is 6.45. The van der Waals surface area contributed by atoms with Crippen LogP contribution in [-0.4, -0.2) is 31.3 Å². The molecule has 0 spiro atoms. The molecule has 0 bridgehead atoms. The Bertz CT molecular complexity index is 774. The summed E-state index contributed by atoms with van der Waals surface area (Å²) < 4.78 is 0. The predicted octanol–water partition coefficient (Wildman–Crippen LogP) is 3.50. The largest absolute Gasteiger partial charge is 0.336 e. The van der Waals surface area contributed by atoms with Crippen LogP contribution in [0.3, 0.4) is 0 Å². The highest BCUT2D eigenvalue weighted by Gasteiger charge is 2.20. The minimum Gasteiger partial charge on any atom is -0.336 e. The summed E-state index contributed by atoms with van der Waals surface area (Å²) in [6, 6.07) is 13.1. The van der Waals surface area contributed by atoms with E-state index in [1.54, 1.807) is 16.7 Å². The average Bonchev–Trinajstić information content (AvgIpc) is 3.02. The van der Waals surface area contributed by atoms with Crippen LogP contribution in [0, 0.1) is 6.92 Å². The molecule has 1 aliphatic heterocycles. The van der Waals surface area contributed by atoms with Crippen LogP contribution >= 0.6 is 11.8 Å². The van der Waals surface area contributed by atoms with Crippen molar-refractivity contribution in [2.45, 2.75) is 11.8 Å². The lowest BCUT2D eigenvalue weighted by molar-refractivity contribution is 0.102. The molecule has 1 heterocycles. The SMILES string of the molecule is CSc1ccc(C)c(C(=O)Nc2ccc(N3CCNC3=O)cc2)c1. The second-order valence-electron chi connectivity index (χ2n) is 5.57. The number of carbonyl (C=O) groups excluding carboxylic acids is 2. The number of amides is 3. The molecule has 0 unspecified atom stereocenters. The highest BCUT2D eigenvalue weighted by atomic mass is 32.2. The third-order valence-electron chi connectivity index (χ3n) is 3.98. The Hall–Kier alpha value is -2.47. The standard InChI is InChI=1S/C18H19N3O2S/c1-12-3-8-15(24-2)11-16(12)17(22)20-13-4-6-14(7-5-13)21-10-9-19-18(21)23/h3-8,11H,9-10H2,1-2H3,(H,19,23)(H,20,22). The molecule has 1 fully saturated rings. The quantitative estimate of drug-likeness (QED) is 0.837. The Balaban J connectivity index is 1.74. The molecule has 2 N–H and O–H groups in total. The van der Waals surface area contributed by atoms with Crippen LogP contribution in [0.2, 0.25) is 0 Å². The Morgan fingerprint density at radius 1 is 1.21 bits per heavy atom. The molecule has 2 aromatic rings. The zero-order valence-corrected chi connectivity index (χ0v) is 14.4. The number of benzene rings is 2. The fraction of sp³-hybridized carbons (Fsp3) is 0.222. The van der Waals surface area contributed by atoms with Crippen molar-refractivity contribution in [1.29, 1.82) is 0 Å². The number of thioether (sulfide) groups is 1. The molecule has 0 saturated carbocycles. The van der Waals surface area contributed by atoms with Gasteiger partial charge in [-0.05, 0) is 55.1 Å². The summed E-state index contributed by atoms with van der Waals surface area (Å²) in [6.45, 7) is 3.24. The van der Waals surface area contributed by atoms with Crippen molar-refractivity contribution in [3.63, 3.8) is 0 Å². The minimum absolute atomic E-state index is 0.0868. The highest BCUT2D eigenvalue weighted by Crippen LogP contribution is 2.22. The summed E-state index contributed by atoms with van der Waals surface area (Å²) >= 11 is 1.61. The van der Waals surface area contributed by atoms with Crippen LogP contribution < -0.4 is 15.5 Å². The van der Waals surface area contributed by atoms with Crippen molar-refractivity contribution in [3.8, 4) is 0 Å². The summed E-state index contributed by atoms with van der Waals surface area (Å²) in [5, 5.41) is 5.68.